The molecule has 2 aromatic rings. The molecule has 1 N–H and O–H groups in total. The highest BCUT2D eigenvalue weighted by molar-refractivity contribution is 9.11. The van der Waals surface area contributed by atoms with Gasteiger partial charge in [-0.2, -0.15) is 0 Å². The van der Waals surface area contributed by atoms with Crippen LogP contribution < -0.4 is 5.32 Å². The second-order valence-corrected chi connectivity index (χ2v) is 7.46. The SMILES string of the molecule is C=C(C)Cn1c(C(=O)NC(C)C)cc2sc(Br)cc21. The lowest BCUT2D eigenvalue weighted by Gasteiger charge is -2.12. The van der Waals surface area contributed by atoms with E-state index in [-0.39, 0.29) is 11.9 Å². The van der Waals surface area contributed by atoms with E-state index >= 15 is 0 Å². The Balaban J connectivity index is 2.49. The minimum absolute atomic E-state index is 0.0317. The van der Waals surface area contributed by atoms with E-state index in [4.69, 9.17) is 0 Å². The van der Waals surface area contributed by atoms with Gasteiger partial charge in [0, 0.05) is 12.6 Å². The Morgan fingerprint density at radius 3 is 2.79 bits per heavy atom. The van der Waals surface area contributed by atoms with Crippen LogP contribution in [0, 0.1) is 0 Å². The standard InChI is InChI=1S/C14H17BrN2OS/c1-8(2)7-17-10-6-13(15)19-12(10)5-11(17)14(18)16-9(3)4/h5-6,9H,1,7H2,2-4H3,(H,16,18). The molecule has 0 aromatic carbocycles. The summed E-state index contributed by atoms with van der Waals surface area (Å²) in [7, 11) is 0. The Kier molecular flexibility index (Phi) is 4.16. The maximum absolute atomic E-state index is 12.2. The van der Waals surface area contributed by atoms with Crippen LogP contribution in [0.5, 0.6) is 0 Å². The third-order valence-electron chi connectivity index (χ3n) is 2.64. The average Bonchev–Trinajstić information content (AvgIpc) is 2.75. The van der Waals surface area contributed by atoms with Crippen molar-refractivity contribution in [1.82, 2.24) is 9.88 Å². The Hall–Kier alpha value is -1.07. The summed E-state index contributed by atoms with van der Waals surface area (Å²) in [5, 5.41) is 2.94. The molecular weight excluding hydrogens is 324 g/mol. The lowest BCUT2D eigenvalue weighted by Crippen LogP contribution is -2.31. The number of carbonyl (C=O) groups is 1. The van der Waals surface area contributed by atoms with Crippen LogP contribution in [-0.4, -0.2) is 16.5 Å². The number of thiophene rings is 1. The monoisotopic (exact) mass is 340 g/mol. The fourth-order valence-electron chi connectivity index (χ4n) is 1.98. The van der Waals surface area contributed by atoms with Crippen molar-refractivity contribution in [3.63, 3.8) is 0 Å². The predicted molar refractivity (Wildman–Crippen MR) is 84.9 cm³/mol. The molecule has 2 rings (SSSR count). The number of nitrogens with zero attached hydrogens (tertiary/aromatic N) is 1. The summed E-state index contributed by atoms with van der Waals surface area (Å²) >= 11 is 5.12. The number of hydrogen-bond donors (Lipinski definition) is 1. The minimum atomic E-state index is -0.0317. The summed E-state index contributed by atoms with van der Waals surface area (Å²) < 4.78 is 4.21. The van der Waals surface area contributed by atoms with Gasteiger partial charge in [-0.15, -0.1) is 11.3 Å². The van der Waals surface area contributed by atoms with Gasteiger partial charge in [0.2, 0.25) is 0 Å². The first-order valence-electron chi connectivity index (χ1n) is 6.12. The largest absolute Gasteiger partial charge is 0.349 e. The number of rotatable bonds is 4. The van der Waals surface area contributed by atoms with Gasteiger partial charge >= 0.3 is 0 Å². The molecular formula is C14H17BrN2OS. The normalized spacial score (nSPS) is 11.2. The van der Waals surface area contributed by atoms with Gasteiger partial charge in [-0.1, -0.05) is 12.2 Å². The molecule has 0 aliphatic carbocycles. The van der Waals surface area contributed by atoms with E-state index in [1.807, 2.05) is 31.4 Å². The van der Waals surface area contributed by atoms with Crippen LogP contribution in [0.2, 0.25) is 0 Å². The second kappa shape index (κ2) is 5.51. The molecule has 2 aromatic heterocycles. The lowest BCUT2D eigenvalue weighted by molar-refractivity contribution is 0.0934. The highest BCUT2D eigenvalue weighted by Gasteiger charge is 2.17. The number of fused-ring (bicyclic) bond motifs is 1. The van der Waals surface area contributed by atoms with Crippen LogP contribution >= 0.6 is 27.3 Å². The third kappa shape index (κ3) is 3.09. The van der Waals surface area contributed by atoms with E-state index in [1.165, 1.54) is 0 Å². The molecule has 19 heavy (non-hydrogen) atoms. The van der Waals surface area contributed by atoms with Crippen molar-refractivity contribution in [3.8, 4) is 0 Å². The molecule has 1 amide bonds. The average molecular weight is 341 g/mol. The molecule has 3 nitrogen and oxygen atoms in total. The Labute approximate surface area is 125 Å². The van der Waals surface area contributed by atoms with E-state index in [0.29, 0.717) is 12.2 Å². The van der Waals surface area contributed by atoms with Gasteiger partial charge in [-0.05, 0) is 48.8 Å². The van der Waals surface area contributed by atoms with Gasteiger partial charge < -0.3 is 9.88 Å². The first-order chi connectivity index (χ1) is 8.88. The zero-order valence-corrected chi connectivity index (χ0v) is 13.7. The molecule has 0 spiro atoms. The van der Waals surface area contributed by atoms with E-state index in [0.717, 1.165) is 19.6 Å². The van der Waals surface area contributed by atoms with Crippen molar-refractivity contribution in [3.05, 3.63) is 33.8 Å². The first-order valence-corrected chi connectivity index (χ1v) is 7.73. The molecule has 0 atom stereocenters. The summed E-state index contributed by atoms with van der Waals surface area (Å²) in [4.78, 5) is 12.2. The molecule has 0 bridgehead atoms. The lowest BCUT2D eigenvalue weighted by atomic mass is 10.3. The molecule has 0 saturated heterocycles. The van der Waals surface area contributed by atoms with Gasteiger partial charge in [0.15, 0.2) is 0 Å². The van der Waals surface area contributed by atoms with Crippen molar-refractivity contribution < 1.29 is 4.79 Å². The zero-order valence-electron chi connectivity index (χ0n) is 11.3. The van der Waals surface area contributed by atoms with Crippen LogP contribution in [0.4, 0.5) is 0 Å². The van der Waals surface area contributed by atoms with Gasteiger partial charge in [0.25, 0.3) is 5.91 Å². The van der Waals surface area contributed by atoms with Crippen LogP contribution in [0.1, 0.15) is 31.3 Å². The maximum Gasteiger partial charge on any atom is 0.268 e. The first kappa shape index (κ1) is 14.3. The molecule has 0 aliphatic heterocycles. The van der Waals surface area contributed by atoms with Gasteiger partial charge in [-0.3, -0.25) is 4.79 Å². The third-order valence-corrected chi connectivity index (χ3v) is 4.21. The number of nitrogens with one attached hydrogen (secondary N) is 1. The predicted octanol–water partition coefficient (Wildman–Crippen LogP) is 4.18. The van der Waals surface area contributed by atoms with Crippen molar-refractivity contribution in [1.29, 1.82) is 0 Å². The van der Waals surface area contributed by atoms with Crippen LogP contribution in [0.15, 0.2) is 28.1 Å². The maximum atomic E-state index is 12.2. The molecule has 0 saturated carbocycles. The summed E-state index contributed by atoms with van der Waals surface area (Å²) in [5.74, 6) is -0.0317. The Morgan fingerprint density at radius 2 is 2.21 bits per heavy atom. The molecule has 0 unspecified atom stereocenters. The van der Waals surface area contributed by atoms with Crippen LogP contribution in [0.25, 0.3) is 10.2 Å². The fraction of sp³-hybridized carbons (Fsp3) is 0.357. The zero-order chi connectivity index (χ0) is 14.2. The smallest absolute Gasteiger partial charge is 0.268 e. The van der Waals surface area contributed by atoms with Crippen LogP contribution in [-0.2, 0) is 6.54 Å². The number of carbonyl (C=O) groups excluding carboxylic acids is 1. The van der Waals surface area contributed by atoms with E-state index in [9.17, 15) is 4.79 Å². The molecule has 0 fully saturated rings. The molecule has 0 aliphatic rings. The number of halogens is 1. The van der Waals surface area contributed by atoms with Crippen molar-refractivity contribution in [2.45, 2.75) is 33.4 Å². The summed E-state index contributed by atoms with van der Waals surface area (Å²) in [6, 6.07) is 4.13. The second-order valence-electron chi connectivity index (χ2n) is 5.00. The highest BCUT2D eigenvalue weighted by Crippen LogP contribution is 2.32. The molecule has 5 heteroatoms. The molecule has 2 heterocycles. The summed E-state index contributed by atoms with van der Waals surface area (Å²) in [5.41, 5.74) is 2.80. The quantitative estimate of drug-likeness (QED) is 0.832. The fourth-order valence-corrected chi connectivity index (χ4v) is 3.54. The molecule has 102 valence electrons. The van der Waals surface area contributed by atoms with Gasteiger partial charge in [0.05, 0.1) is 14.0 Å². The topological polar surface area (TPSA) is 34.0 Å². The van der Waals surface area contributed by atoms with Crippen molar-refractivity contribution in [2.75, 3.05) is 0 Å². The van der Waals surface area contributed by atoms with Crippen molar-refractivity contribution in [2.24, 2.45) is 0 Å². The Bertz CT molecular complexity index is 639. The number of hydrogen-bond acceptors (Lipinski definition) is 2. The summed E-state index contributed by atoms with van der Waals surface area (Å²) in [6.45, 7) is 10.5. The van der Waals surface area contributed by atoms with E-state index in [2.05, 4.69) is 33.9 Å². The van der Waals surface area contributed by atoms with Crippen LogP contribution in [0.3, 0.4) is 0 Å². The van der Waals surface area contributed by atoms with Gasteiger partial charge in [0.1, 0.15) is 5.69 Å². The Morgan fingerprint density at radius 1 is 1.53 bits per heavy atom. The number of aromatic nitrogens is 1. The minimum Gasteiger partial charge on any atom is -0.349 e. The summed E-state index contributed by atoms with van der Waals surface area (Å²) in [6.07, 6.45) is 0. The number of amides is 1. The van der Waals surface area contributed by atoms with E-state index < -0.39 is 0 Å². The molecule has 0 radical (unpaired) electrons. The highest BCUT2D eigenvalue weighted by atomic mass is 79.9. The van der Waals surface area contributed by atoms with Crippen molar-refractivity contribution >= 4 is 43.4 Å². The number of allylic oxidation sites excluding steroid dienone is 1. The van der Waals surface area contributed by atoms with Gasteiger partial charge in [-0.25, -0.2) is 0 Å². The van der Waals surface area contributed by atoms with E-state index in [1.54, 1.807) is 11.3 Å².